The van der Waals surface area contributed by atoms with Crippen LogP contribution in [-0.2, 0) is 5.41 Å². The molecule has 0 aliphatic rings. The van der Waals surface area contributed by atoms with Crippen LogP contribution in [0.1, 0.15) is 38.3 Å². The van der Waals surface area contributed by atoms with Crippen LogP contribution in [0, 0.1) is 18.6 Å². The first-order valence-corrected chi connectivity index (χ1v) is 4.84. The Labute approximate surface area is 84.0 Å². The first-order chi connectivity index (χ1) is 6.38. The van der Waals surface area contributed by atoms with Gasteiger partial charge in [-0.25, -0.2) is 8.78 Å². The lowest BCUT2D eigenvalue weighted by Crippen LogP contribution is -2.19. The van der Waals surface area contributed by atoms with Gasteiger partial charge in [0.1, 0.15) is 11.6 Å². The lowest BCUT2D eigenvalue weighted by Gasteiger charge is -2.24. The van der Waals surface area contributed by atoms with E-state index >= 15 is 0 Å². The molecule has 0 spiro atoms. The van der Waals surface area contributed by atoms with Gasteiger partial charge >= 0.3 is 0 Å². The van der Waals surface area contributed by atoms with Crippen LogP contribution in [0.2, 0.25) is 0 Å². The van der Waals surface area contributed by atoms with Crippen molar-refractivity contribution in [2.45, 2.75) is 39.5 Å². The fraction of sp³-hybridized carbons (Fsp3) is 0.500. The monoisotopic (exact) mass is 198 g/mol. The molecule has 0 unspecified atom stereocenters. The number of aryl methyl sites for hydroxylation is 1. The zero-order chi connectivity index (χ0) is 10.9. The molecule has 0 saturated carbocycles. The Kier molecular flexibility index (Phi) is 2.93. The third-order valence-electron chi connectivity index (χ3n) is 2.75. The van der Waals surface area contributed by atoms with Crippen molar-refractivity contribution in [2.24, 2.45) is 0 Å². The minimum absolute atomic E-state index is 0.200. The zero-order valence-corrected chi connectivity index (χ0v) is 9.12. The van der Waals surface area contributed by atoms with Gasteiger partial charge in [0.2, 0.25) is 0 Å². The molecular weight excluding hydrogens is 182 g/mol. The highest BCUT2D eigenvalue weighted by Crippen LogP contribution is 2.31. The Hall–Kier alpha value is -0.920. The molecule has 0 aromatic heterocycles. The average Bonchev–Trinajstić information content (AvgIpc) is 2.01. The largest absolute Gasteiger partial charge is 0.207 e. The molecule has 0 radical (unpaired) electrons. The second-order valence-electron chi connectivity index (χ2n) is 4.34. The molecule has 2 heteroatoms. The molecule has 0 nitrogen and oxygen atoms in total. The van der Waals surface area contributed by atoms with Crippen molar-refractivity contribution in [3.8, 4) is 0 Å². The molecule has 14 heavy (non-hydrogen) atoms. The minimum atomic E-state index is -0.443. The van der Waals surface area contributed by atoms with Crippen LogP contribution in [0.25, 0.3) is 0 Å². The molecule has 78 valence electrons. The van der Waals surface area contributed by atoms with Crippen LogP contribution >= 0.6 is 0 Å². The smallest absolute Gasteiger partial charge is 0.130 e. The van der Waals surface area contributed by atoms with Crippen LogP contribution in [-0.4, -0.2) is 0 Å². The Balaban J connectivity index is 3.35. The SMILES string of the molecule is CCC(C)(C)c1c(F)cc(C)cc1F. The van der Waals surface area contributed by atoms with E-state index in [-0.39, 0.29) is 5.56 Å². The maximum absolute atomic E-state index is 13.6. The molecule has 0 amide bonds. The number of rotatable bonds is 2. The van der Waals surface area contributed by atoms with E-state index < -0.39 is 17.0 Å². The Morgan fingerprint density at radius 2 is 1.57 bits per heavy atom. The molecule has 0 heterocycles. The van der Waals surface area contributed by atoms with Gasteiger partial charge in [0.15, 0.2) is 0 Å². The number of benzene rings is 1. The van der Waals surface area contributed by atoms with Gasteiger partial charge in [0, 0.05) is 5.56 Å². The second kappa shape index (κ2) is 3.68. The summed E-state index contributed by atoms with van der Waals surface area (Å²) in [5, 5.41) is 0. The van der Waals surface area contributed by atoms with Gasteiger partial charge in [-0.05, 0) is 36.5 Å². The summed E-state index contributed by atoms with van der Waals surface area (Å²) >= 11 is 0. The van der Waals surface area contributed by atoms with Crippen molar-refractivity contribution in [1.29, 1.82) is 0 Å². The van der Waals surface area contributed by atoms with E-state index in [1.54, 1.807) is 6.92 Å². The van der Waals surface area contributed by atoms with Gasteiger partial charge in [-0.15, -0.1) is 0 Å². The predicted octanol–water partition coefficient (Wildman–Crippen LogP) is 3.96. The molecule has 0 bridgehead atoms. The summed E-state index contributed by atoms with van der Waals surface area (Å²) in [5.41, 5.74) is 0.378. The summed E-state index contributed by atoms with van der Waals surface area (Å²) < 4.78 is 27.1. The van der Waals surface area contributed by atoms with Gasteiger partial charge in [0.05, 0.1) is 0 Å². The van der Waals surface area contributed by atoms with E-state index in [1.165, 1.54) is 12.1 Å². The Morgan fingerprint density at radius 3 is 1.93 bits per heavy atom. The quantitative estimate of drug-likeness (QED) is 0.674. The van der Waals surface area contributed by atoms with E-state index in [2.05, 4.69) is 0 Å². The summed E-state index contributed by atoms with van der Waals surface area (Å²) in [4.78, 5) is 0. The fourth-order valence-corrected chi connectivity index (χ4v) is 1.52. The van der Waals surface area contributed by atoms with E-state index in [4.69, 9.17) is 0 Å². The van der Waals surface area contributed by atoms with Crippen LogP contribution in [0.3, 0.4) is 0 Å². The molecule has 1 aromatic rings. The van der Waals surface area contributed by atoms with Crippen molar-refractivity contribution in [1.82, 2.24) is 0 Å². The van der Waals surface area contributed by atoms with Crippen LogP contribution < -0.4 is 0 Å². The molecule has 0 N–H and O–H groups in total. The predicted molar refractivity (Wildman–Crippen MR) is 54.4 cm³/mol. The first-order valence-electron chi connectivity index (χ1n) is 4.84. The normalized spacial score (nSPS) is 11.9. The highest BCUT2D eigenvalue weighted by Gasteiger charge is 2.26. The molecule has 0 fully saturated rings. The molecular formula is C12H16F2. The van der Waals surface area contributed by atoms with E-state index in [9.17, 15) is 8.78 Å². The lowest BCUT2D eigenvalue weighted by molar-refractivity contribution is 0.434. The topological polar surface area (TPSA) is 0 Å². The van der Waals surface area contributed by atoms with E-state index in [1.807, 2.05) is 20.8 Å². The maximum Gasteiger partial charge on any atom is 0.130 e. The van der Waals surface area contributed by atoms with Crippen molar-refractivity contribution in [3.63, 3.8) is 0 Å². The van der Waals surface area contributed by atoms with Crippen LogP contribution in [0.5, 0.6) is 0 Å². The van der Waals surface area contributed by atoms with Crippen molar-refractivity contribution in [3.05, 3.63) is 34.9 Å². The molecule has 0 aliphatic carbocycles. The summed E-state index contributed by atoms with van der Waals surface area (Å²) in [7, 11) is 0. The standard InChI is InChI=1S/C12H16F2/c1-5-12(3,4)11-9(13)6-8(2)7-10(11)14/h6-7H,5H2,1-4H3. The average molecular weight is 198 g/mol. The second-order valence-corrected chi connectivity index (χ2v) is 4.34. The minimum Gasteiger partial charge on any atom is -0.207 e. The number of halogens is 2. The Bertz CT molecular complexity index is 317. The van der Waals surface area contributed by atoms with Gasteiger partial charge < -0.3 is 0 Å². The van der Waals surface area contributed by atoms with E-state index in [0.717, 1.165) is 0 Å². The van der Waals surface area contributed by atoms with Crippen LogP contribution in [0.15, 0.2) is 12.1 Å². The van der Waals surface area contributed by atoms with Gasteiger partial charge in [-0.1, -0.05) is 20.8 Å². The molecule has 1 aromatic carbocycles. The van der Waals surface area contributed by atoms with Gasteiger partial charge in [-0.2, -0.15) is 0 Å². The van der Waals surface area contributed by atoms with Gasteiger partial charge in [-0.3, -0.25) is 0 Å². The highest BCUT2D eigenvalue weighted by atomic mass is 19.1. The van der Waals surface area contributed by atoms with Crippen molar-refractivity contribution < 1.29 is 8.78 Å². The lowest BCUT2D eigenvalue weighted by atomic mass is 9.81. The third kappa shape index (κ3) is 1.94. The van der Waals surface area contributed by atoms with Crippen molar-refractivity contribution in [2.75, 3.05) is 0 Å². The third-order valence-corrected chi connectivity index (χ3v) is 2.75. The fourth-order valence-electron chi connectivity index (χ4n) is 1.52. The molecule has 0 aliphatic heterocycles. The summed E-state index contributed by atoms with van der Waals surface area (Å²) in [6.07, 6.45) is 0.712. The highest BCUT2D eigenvalue weighted by molar-refractivity contribution is 5.30. The van der Waals surface area contributed by atoms with Crippen LogP contribution in [0.4, 0.5) is 8.78 Å². The molecule has 1 rings (SSSR count). The summed E-state index contributed by atoms with van der Waals surface area (Å²) in [5.74, 6) is -0.872. The number of hydrogen-bond acceptors (Lipinski definition) is 0. The van der Waals surface area contributed by atoms with Crippen molar-refractivity contribution >= 4 is 0 Å². The number of hydrogen-bond donors (Lipinski definition) is 0. The molecule has 0 atom stereocenters. The zero-order valence-electron chi connectivity index (χ0n) is 9.12. The summed E-state index contributed by atoms with van der Waals surface area (Å²) in [6.45, 7) is 7.32. The van der Waals surface area contributed by atoms with Gasteiger partial charge in [0.25, 0.3) is 0 Å². The Morgan fingerprint density at radius 1 is 1.14 bits per heavy atom. The first kappa shape index (κ1) is 11.2. The summed E-state index contributed by atoms with van der Waals surface area (Å²) in [6, 6.07) is 2.77. The maximum atomic E-state index is 13.6. The molecule has 0 saturated heterocycles. The van der Waals surface area contributed by atoms with E-state index in [0.29, 0.717) is 12.0 Å².